The molecule has 0 fully saturated rings. The average molecular weight is 386 g/mol. The van der Waals surface area contributed by atoms with Crippen molar-refractivity contribution in [2.24, 2.45) is 5.10 Å². The second-order valence-corrected chi connectivity index (χ2v) is 6.80. The summed E-state index contributed by atoms with van der Waals surface area (Å²) in [6.07, 6.45) is 4.69. The quantitative estimate of drug-likeness (QED) is 0.648. The molecule has 0 amide bonds. The van der Waals surface area contributed by atoms with Crippen molar-refractivity contribution in [3.8, 4) is 0 Å². The first kappa shape index (κ1) is 16.7. The lowest BCUT2D eigenvalue weighted by Gasteiger charge is -2.10. The van der Waals surface area contributed by atoms with Gasteiger partial charge in [-0.2, -0.15) is 5.10 Å². The summed E-state index contributed by atoms with van der Waals surface area (Å²) in [5, 5.41) is 6.52. The van der Waals surface area contributed by atoms with E-state index in [0.717, 1.165) is 23.3 Å². The monoisotopic (exact) mass is 384 g/mol. The predicted octanol–water partition coefficient (Wildman–Crippen LogP) is 6.40. The van der Waals surface area contributed by atoms with Crippen LogP contribution in [0.3, 0.4) is 0 Å². The third kappa shape index (κ3) is 4.02. The van der Waals surface area contributed by atoms with Gasteiger partial charge in [0.25, 0.3) is 0 Å². The van der Waals surface area contributed by atoms with E-state index < -0.39 is 0 Å². The molecule has 1 N–H and O–H groups in total. The molecule has 0 aliphatic carbocycles. The van der Waals surface area contributed by atoms with Crippen molar-refractivity contribution in [3.05, 3.63) is 73.7 Å². The van der Waals surface area contributed by atoms with Crippen LogP contribution in [0.5, 0.6) is 0 Å². The molecule has 6 heteroatoms. The number of allylic oxidation sites excluding steroid dienone is 1. The van der Waals surface area contributed by atoms with Gasteiger partial charge in [0.2, 0.25) is 0 Å². The zero-order chi connectivity index (χ0) is 16.4. The second-order valence-electron chi connectivity index (χ2n) is 5.17. The first-order valence-electron chi connectivity index (χ1n) is 6.93. The average Bonchev–Trinajstić information content (AvgIpc) is 3.00. The molecule has 1 atom stereocenters. The summed E-state index contributed by atoms with van der Waals surface area (Å²) < 4.78 is 0. The Labute approximate surface area is 154 Å². The van der Waals surface area contributed by atoms with Gasteiger partial charge in [0.15, 0.2) is 0 Å². The van der Waals surface area contributed by atoms with E-state index in [4.69, 9.17) is 46.4 Å². The molecule has 1 heterocycles. The van der Waals surface area contributed by atoms with Crippen molar-refractivity contribution in [1.29, 1.82) is 0 Å². The van der Waals surface area contributed by atoms with Gasteiger partial charge in [-0.25, -0.2) is 0 Å². The standard InChI is InChI=1S/C17H12Cl4N2/c18-13-5-2-10(7-15(13)20)1-4-12-9-17(23-22-12)11-3-6-14(19)16(21)8-11/h1-8,17,23H,9H2/b4-1+/t17-/m0/s1. The highest BCUT2D eigenvalue weighted by Gasteiger charge is 2.19. The second kappa shape index (κ2) is 7.14. The van der Waals surface area contributed by atoms with Crippen LogP contribution >= 0.6 is 46.4 Å². The number of benzene rings is 2. The molecule has 1 aliphatic rings. The highest BCUT2D eigenvalue weighted by Crippen LogP contribution is 2.29. The van der Waals surface area contributed by atoms with E-state index in [-0.39, 0.29) is 6.04 Å². The van der Waals surface area contributed by atoms with Gasteiger partial charge in [-0.3, -0.25) is 0 Å². The predicted molar refractivity (Wildman–Crippen MR) is 99.9 cm³/mol. The van der Waals surface area contributed by atoms with Crippen LogP contribution in [0.4, 0.5) is 0 Å². The van der Waals surface area contributed by atoms with Crippen LogP contribution in [0.25, 0.3) is 6.08 Å². The van der Waals surface area contributed by atoms with Gasteiger partial charge in [-0.05, 0) is 41.5 Å². The smallest absolute Gasteiger partial charge is 0.0746 e. The summed E-state index contributed by atoms with van der Waals surface area (Å²) in [7, 11) is 0. The minimum absolute atomic E-state index is 0.0956. The summed E-state index contributed by atoms with van der Waals surface area (Å²) in [6, 6.07) is 11.2. The van der Waals surface area contributed by atoms with Crippen molar-refractivity contribution in [3.63, 3.8) is 0 Å². The van der Waals surface area contributed by atoms with Gasteiger partial charge >= 0.3 is 0 Å². The Morgan fingerprint density at radius 1 is 0.870 bits per heavy atom. The Balaban J connectivity index is 1.68. The van der Waals surface area contributed by atoms with Crippen LogP contribution in [-0.4, -0.2) is 5.71 Å². The number of nitrogens with one attached hydrogen (secondary N) is 1. The maximum absolute atomic E-state index is 6.06. The van der Waals surface area contributed by atoms with E-state index in [2.05, 4.69) is 10.5 Å². The molecule has 0 aromatic heterocycles. The molecule has 0 bridgehead atoms. The summed E-state index contributed by atoms with van der Waals surface area (Å²) >= 11 is 23.9. The third-order valence-corrected chi connectivity index (χ3v) is 5.01. The molecule has 2 aromatic rings. The molecule has 1 aliphatic heterocycles. The lowest BCUT2D eigenvalue weighted by Crippen LogP contribution is -2.09. The highest BCUT2D eigenvalue weighted by atomic mass is 35.5. The summed E-state index contributed by atoms with van der Waals surface area (Å²) in [5.41, 5.74) is 6.09. The Morgan fingerprint density at radius 3 is 2.26 bits per heavy atom. The first-order valence-corrected chi connectivity index (χ1v) is 8.44. The zero-order valence-corrected chi connectivity index (χ0v) is 14.9. The van der Waals surface area contributed by atoms with Crippen LogP contribution in [0.1, 0.15) is 23.6 Å². The summed E-state index contributed by atoms with van der Waals surface area (Å²) in [6.45, 7) is 0. The molecule has 0 radical (unpaired) electrons. The van der Waals surface area contributed by atoms with Crippen molar-refractivity contribution >= 4 is 58.2 Å². The highest BCUT2D eigenvalue weighted by molar-refractivity contribution is 6.42. The molecule has 0 saturated heterocycles. The van der Waals surface area contributed by atoms with Crippen molar-refractivity contribution in [2.45, 2.75) is 12.5 Å². The number of nitrogens with zero attached hydrogens (tertiary/aromatic N) is 1. The normalized spacial score (nSPS) is 17.4. The Hall–Kier alpha value is -1.19. The van der Waals surface area contributed by atoms with Gasteiger partial charge in [0.05, 0.1) is 31.8 Å². The molecular formula is C17H12Cl4N2. The largest absolute Gasteiger partial charge is 0.302 e. The Morgan fingerprint density at radius 2 is 1.57 bits per heavy atom. The third-order valence-electron chi connectivity index (χ3n) is 3.54. The minimum Gasteiger partial charge on any atom is -0.302 e. The van der Waals surface area contributed by atoms with Crippen LogP contribution in [0.2, 0.25) is 20.1 Å². The van der Waals surface area contributed by atoms with E-state index in [1.54, 1.807) is 12.1 Å². The number of halogens is 4. The number of hydrogen-bond donors (Lipinski definition) is 1. The molecule has 0 saturated carbocycles. The van der Waals surface area contributed by atoms with Gasteiger partial charge in [0.1, 0.15) is 0 Å². The van der Waals surface area contributed by atoms with Gasteiger partial charge in [-0.15, -0.1) is 0 Å². The molecule has 2 nitrogen and oxygen atoms in total. The van der Waals surface area contributed by atoms with E-state index in [1.807, 2.05) is 36.4 Å². The lowest BCUT2D eigenvalue weighted by atomic mass is 10.0. The van der Waals surface area contributed by atoms with Crippen LogP contribution in [0.15, 0.2) is 47.6 Å². The van der Waals surface area contributed by atoms with E-state index in [1.165, 1.54) is 0 Å². The van der Waals surface area contributed by atoms with Gasteiger partial charge < -0.3 is 5.43 Å². The molecule has 0 unspecified atom stereocenters. The van der Waals surface area contributed by atoms with Crippen LogP contribution in [-0.2, 0) is 0 Å². The van der Waals surface area contributed by atoms with Gasteiger partial charge in [0, 0.05) is 6.42 Å². The van der Waals surface area contributed by atoms with Crippen molar-refractivity contribution < 1.29 is 0 Å². The fourth-order valence-corrected chi connectivity index (χ4v) is 2.91. The minimum atomic E-state index is 0.0956. The SMILES string of the molecule is Clc1ccc(/C=C/C2=NN[C@H](c3ccc(Cl)c(Cl)c3)C2)cc1Cl. The van der Waals surface area contributed by atoms with E-state index in [9.17, 15) is 0 Å². The molecule has 23 heavy (non-hydrogen) atoms. The lowest BCUT2D eigenvalue weighted by molar-refractivity contribution is 0.620. The first-order chi connectivity index (χ1) is 11.0. The van der Waals surface area contributed by atoms with E-state index >= 15 is 0 Å². The summed E-state index contributed by atoms with van der Waals surface area (Å²) in [5.74, 6) is 0. The van der Waals surface area contributed by atoms with E-state index in [0.29, 0.717) is 20.1 Å². The molecule has 3 rings (SSSR count). The Bertz CT molecular complexity index is 799. The fraction of sp³-hybridized carbons (Fsp3) is 0.118. The number of rotatable bonds is 3. The maximum atomic E-state index is 6.06. The molecule has 118 valence electrons. The number of hydrogen-bond acceptors (Lipinski definition) is 2. The van der Waals surface area contributed by atoms with Gasteiger partial charge in [-0.1, -0.05) is 64.6 Å². The zero-order valence-electron chi connectivity index (χ0n) is 11.9. The van der Waals surface area contributed by atoms with Crippen molar-refractivity contribution in [1.82, 2.24) is 5.43 Å². The molecule has 2 aromatic carbocycles. The molecular weight excluding hydrogens is 374 g/mol. The topological polar surface area (TPSA) is 24.4 Å². The summed E-state index contributed by atoms with van der Waals surface area (Å²) in [4.78, 5) is 0. The molecule has 0 spiro atoms. The fourth-order valence-electron chi connectivity index (χ4n) is 2.30. The number of hydrazone groups is 1. The Kier molecular flexibility index (Phi) is 5.17. The van der Waals surface area contributed by atoms with Crippen LogP contribution in [0, 0.1) is 0 Å². The van der Waals surface area contributed by atoms with Crippen LogP contribution < -0.4 is 5.43 Å². The maximum Gasteiger partial charge on any atom is 0.0746 e. The van der Waals surface area contributed by atoms with Crippen molar-refractivity contribution in [2.75, 3.05) is 0 Å².